The van der Waals surface area contributed by atoms with Gasteiger partial charge in [-0.1, -0.05) is 60.7 Å². The van der Waals surface area contributed by atoms with Gasteiger partial charge in [0.15, 0.2) is 0 Å². The van der Waals surface area contributed by atoms with Crippen LogP contribution in [0.4, 0.5) is 10.5 Å². The number of allylic oxidation sites excluding steroid dienone is 2. The fourth-order valence-electron chi connectivity index (χ4n) is 6.26. The van der Waals surface area contributed by atoms with Crippen LogP contribution in [0.25, 0.3) is 0 Å². The molecule has 3 saturated heterocycles. The summed E-state index contributed by atoms with van der Waals surface area (Å²) in [6, 6.07) is 18.3. The quantitative estimate of drug-likeness (QED) is 0.473. The summed E-state index contributed by atoms with van der Waals surface area (Å²) in [6.45, 7) is 3.68. The summed E-state index contributed by atoms with van der Waals surface area (Å²) in [4.78, 5) is 61.1. The van der Waals surface area contributed by atoms with Gasteiger partial charge in [-0.3, -0.25) is 19.3 Å². The van der Waals surface area contributed by atoms with Gasteiger partial charge in [0.1, 0.15) is 5.54 Å². The highest BCUT2D eigenvalue weighted by atomic mass is 16.6. The van der Waals surface area contributed by atoms with Gasteiger partial charge in [-0.05, 0) is 43.5 Å². The van der Waals surface area contributed by atoms with Crippen LogP contribution in [0.2, 0.25) is 0 Å². The topological polar surface area (TPSA) is 96.3 Å². The molecule has 0 unspecified atom stereocenters. The summed E-state index contributed by atoms with van der Waals surface area (Å²) >= 11 is 0. The van der Waals surface area contributed by atoms with Crippen molar-refractivity contribution in [2.45, 2.75) is 32.4 Å². The Balaban J connectivity index is 1.49. The van der Waals surface area contributed by atoms with E-state index >= 15 is 0 Å². The maximum Gasteiger partial charge on any atom is 0.424 e. The van der Waals surface area contributed by atoms with E-state index in [4.69, 9.17) is 4.74 Å². The van der Waals surface area contributed by atoms with Crippen molar-refractivity contribution in [1.29, 1.82) is 0 Å². The number of ether oxygens (including phenoxy) is 1. The number of fused-ring (bicyclic) bond motifs is 5. The lowest BCUT2D eigenvalue weighted by Gasteiger charge is -2.48. The standard InChI is InChI=1S/C29H25N3O5/c1-3-19-20-14-15-21-22(26(35)31(24(21)33)18-12-8-5-9-13-18)23(20)29(2)27(37-28(36)32(29)25(19)34)30-16-17-10-6-4-7-11-17/h3-14,21-23H,15-16H2,1-2H3/b19-3-,30-27?/t21-,22-,23+,29+/m1/s1. The number of hydrogen-bond acceptors (Lipinski definition) is 6. The Labute approximate surface area is 213 Å². The van der Waals surface area contributed by atoms with Crippen LogP contribution in [0.5, 0.6) is 0 Å². The molecule has 1 aliphatic carbocycles. The maximum atomic E-state index is 14.0. The average Bonchev–Trinajstić information content (AvgIpc) is 3.33. The first kappa shape index (κ1) is 23.1. The highest BCUT2D eigenvalue weighted by Gasteiger charge is 2.68. The monoisotopic (exact) mass is 495 g/mol. The van der Waals surface area contributed by atoms with Crippen LogP contribution in [-0.4, -0.2) is 40.2 Å². The lowest BCUT2D eigenvalue weighted by molar-refractivity contribution is -0.133. The minimum Gasteiger partial charge on any atom is -0.393 e. The zero-order chi connectivity index (χ0) is 25.9. The van der Waals surface area contributed by atoms with Crippen LogP contribution in [0, 0.1) is 17.8 Å². The predicted octanol–water partition coefficient (Wildman–Crippen LogP) is 4.03. The summed E-state index contributed by atoms with van der Waals surface area (Å²) in [5, 5.41) is 0. The van der Waals surface area contributed by atoms with Gasteiger partial charge in [-0.15, -0.1) is 0 Å². The SMILES string of the molecule is C/C=C1\C(=O)N2C(=O)OC(=NCc3ccccc3)[C@]2(C)[C@H]2C1=CC[C@H]1C(=O)N(c3ccccc3)C(=O)[C@H]12. The number of piperidine rings is 1. The van der Waals surface area contributed by atoms with Crippen molar-refractivity contribution in [3.8, 4) is 0 Å². The number of hydrogen-bond donors (Lipinski definition) is 0. The van der Waals surface area contributed by atoms with Crippen molar-refractivity contribution in [2.24, 2.45) is 22.7 Å². The normalized spacial score (nSPS) is 30.9. The third-order valence-corrected chi connectivity index (χ3v) is 7.93. The van der Waals surface area contributed by atoms with Gasteiger partial charge in [0.2, 0.25) is 17.7 Å². The first-order chi connectivity index (χ1) is 17.9. The van der Waals surface area contributed by atoms with E-state index in [-0.39, 0.29) is 24.3 Å². The number of para-hydroxylation sites is 1. The molecule has 3 aliphatic heterocycles. The number of imide groups is 2. The molecule has 4 aliphatic rings. The molecule has 6 rings (SSSR count). The molecule has 8 nitrogen and oxygen atoms in total. The lowest BCUT2D eigenvalue weighted by atomic mass is 9.60. The number of anilines is 1. The molecule has 3 heterocycles. The highest BCUT2D eigenvalue weighted by molar-refractivity contribution is 6.24. The van der Waals surface area contributed by atoms with E-state index in [0.717, 1.165) is 10.5 Å². The summed E-state index contributed by atoms with van der Waals surface area (Å²) < 4.78 is 5.62. The van der Waals surface area contributed by atoms with Crippen molar-refractivity contribution < 1.29 is 23.9 Å². The Morgan fingerprint density at radius 2 is 1.68 bits per heavy atom. The molecular weight excluding hydrogens is 470 g/mol. The molecule has 3 fully saturated rings. The highest BCUT2D eigenvalue weighted by Crippen LogP contribution is 2.55. The molecule has 0 N–H and O–H groups in total. The van der Waals surface area contributed by atoms with E-state index < -0.39 is 35.3 Å². The Morgan fingerprint density at radius 3 is 2.35 bits per heavy atom. The molecule has 2 aromatic carbocycles. The minimum absolute atomic E-state index is 0.0832. The van der Waals surface area contributed by atoms with Crippen LogP contribution in [0.3, 0.4) is 0 Å². The van der Waals surface area contributed by atoms with Crippen molar-refractivity contribution in [3.63, 3.8) is 0 Å². The third kappa shape index (κ3) is 3.18. The van der Waals surface area contributed by atoms with Gasteiger partial charge in [0.05, 0.1) is 24.1 Å². The molecule has 0 spiro atoms. The largest absolute Gasteiger partial charge is 0.424 e. The maximum absolute atomic E-state index is 14.0. The van der Waals surface area contributed by atoms with Gasteiger partial charge in [0.25, 0.3) is 5.91 Å². The zero-order valence-electron chi connectivity index (χ0n) is 20.5. The number of carbonyl (C=O) groups is 4. The number of rotatable bonds is 3. The summed E-state index contributed by atoms with van der Waals surface area (Å²) in [6.07, 6.45) is 3.04. The van der Waals surface area contributed by atoms with Crippen molar-refractivity contribution in [2.75, 3.05) is 4.90 Å². The summed E-state index contributed by atoms with van der Waals surface area (Å²) in [5.74, 6) is -3.10. The molecule has 8 heteroatoms. The van der Waals surface area contributed by atoms with E-state index in [9.17, 15) is 19.2 Å². The Morgan fingerprint density at radius 1 is 1.00 bits per heavy atom. The molecule has 0 bridgehead atoms. The summed E-state index contributed by atoms with van der Waals surface area (Å²) in [5.41, 5.74) is 1.07. The smallest absolute Gasteiger partial charge is 0.393 e. The van der Waals surface area contributed by atoms with Gasteiger partial charge >= 0.3 is 6.09 Å². The van der Waals surface area contributed by atoms with E-state index in [1.807, 2.05) is 42.5 Å². The van der Waals surface area contributed by atoms with Crippen molar-refractivity contribution in [3.05, 3.63) is 89.5 Å². The number of cyclic esters (lactones) is 1. The van der Waals surface area contributed by atoms with Gasteiger partial charge in [0, 0.05) is 11.5 Å². The van der Waals surface area contributed by atoms with E-state index in [2.05, 4.69) is 4.99 Å². The van der Waals surface area contributed by atoms with Crippen LogP contribution in [-0.2, 0) is 25.7 Å². The fraction of sp³-hybridized carbons (Fsp3) is 0.276. The van der Waals surface area contributed by atoms with Crippen LogP contribution in [0.1, 0.15) is 25.8 Å². The van der Waals surface area contributed by atoms with E-state index in [0.29, 0.717) is 23.3 Å². The first-order valence-corrected chi connectivity index (χ1v) is 12.3. The molecule has 0 radical (unpaired) electrons. The first-order valence-electron chi connectivity index (χ1n) is 12.3. The lowest BCUT2D eigenvalue weighted by Crippen LogP contribution is -2.63. The van der Waals surface area contributed by atoms with Crippen LogP contribution >= 0.6 is 0 Å². The van der Waals surface area contributed by atoms with Crippen LogP contribution in [0.15, 0.2) is 89.0 Å². The Hall–Kier alpha value is -4.33. The molecule has 0 aromatic heterocycles. The molecule has 4 atom stereocenters. The Bertz CT molecular complexity index is 1430. The van der Waals surface area contributed by atoms with Crippen LogP contribution < -0.4 is 4.90 Å². The number of carbonyl (C=O) groups excluding carboxylic acids is 4. The second-order valence-electron chi connectivity index (χ2n) is 9.82. The predicted molar refractivity (Wildman–Crippen MR) is 135 cm³/mol. The minimum atomic E-state index is -1.35. The van der Waals surface area contributed by atoms with Crippen molar-refractivity contribution in [1.82, 2.24) is 4.90 Å². The van der Waals surface area contributed by atoms with E-state index in [1.165, 1.54) is 4.90 Å². The van der Waals surface area contributed by atoms with Gasteiger partial charge in [-0.25, -0.2) is 14.7 Å². The molecule has 2 aromatic rings. The number of nitrogens with zero attached hydrogens (tertiary/aromatic N) is 3. The van der Waals surface area contributed by atoms with Gasteiger partial charge in [-0.2, -0.15) is 0 Å². The zero-order valence-corrected chi connectivity index (χ0v) is 20.5. The third-order valence-electron chi connectivity index (χ3n) is 7.93. The Kier molecular flexibility index (Phi) is 5.22. The molecular formula is C29H25N3O5. The molecule has 37 heavy (non-hydrogen) atoms. The second-order valence-corrected chi connectivity index (χ2v) is 9.82. The summed E-state index contributed by atoms with van der Waals surface area (Å²) in [7, 11) is 0. The second kappa shape index (κ2) is 8.37. The number of benzene rings is 2. The average molecular weight is 496 g/mol. The number of aliphatic imine (C=N–C) groups is 1. The van der Waals surface area contributed by atoms with Gasteiger partial charge < -0.3 is 4.74 Å². The molecule has 186 valence electrons. The van der Waals surface area contributed by atoms with E-state index in [1.54, 1.807) is 44.2 Å². The van der Waals surface area contributed by atoms with Crippen molar-refractivity contribution >= 4 is 35.4 Å². The molecule has 4 amide bonds. The number of amides is 4. The molecule has 0 saturated carbocycles. The fourth-order valence-corrected chi connectivity index (χ4v) is 6.26.